The first-order valence-electron chi connectivity index (χ1n) is 9.54. The van der Waals surface area contributed by atoms with Gasteiger partial charge in [0.2, 0.25) is 0 Å². The van der Waals surface area contributed by atoms with Crippen LogP contribution in [0.3, 0.4) is 0 Å². The van der Waals surface area contributed by atoms with Crippen LogP contribution >= 0.6 is 34.8 Å². The predicted octanol–water partition coefficient (Wildman–Crippen LogP) is 6.28. The minimum absolute atomic E-state index is 0.398. The lowest BCUT2D eigenvalue weighted by Gasteiger charge is -2.15. The lowest BCUT2D eigenvalue weighted by Crippen LogP contribution is -2.10. The van der Waals surface area contributed by atoms with Crippen LogP contribution in [-0.2, 0) is 6.42 Å². The highest BCUT2D eigenvalue weighted by atomic mass is 35.5. The van der Waals surface area contributed by atoms with Gasteiger partial charge in [-0.2, -0.15) is 9.78 Å². The number of benzene rings is 1. The van der Waals surface area contributed by atoms with Crippen molar-refractivity contribution < 1.29 is 0 Å². The molecule has 6 nitrogen and oxygen atoms in total. The SMILES string of the molecule is Cc1cc(Nc2nc(C)nc(C)c2Cc2ccc(Cl)cc2)n(-c2ncc(Cl)cc2Cl)n1. The van der Waals surface area contributed by atoms with Gasteiger partial charge in [-0.3, -0.25) is 0 Å². The Balaban J connectivity index is 1.76. The lowest BCUT2D eigenvalue weighted by atomic mass is 10.0. The van der Waals surface area contributed by atoms with E-state index in [-0.39, 0.29) is 0 Å². The van der Waals surface area contributed by atoms with Crippen molar-refractivity contribution in [1.82, 2.24) is 24.7 Å². The number of halogens is 3. The van der Waals surface area contributed by atoms with Crippen LogP contribution in [0.5, 0.6) is 0 Å². The third-order valence-corrected chi connectivity index (χ3v) is 5.42. The number of pyridine rings is 1. The number of rotatable bonds is 5. The van der Waals surface area contributed by atoms with E-state index in [9.17, 15) is 0 Å². The molecule has 31 heavy (non-hydrogen) atoms. The Morgan fingerprint density at radius 2 is 1.68 bits per heavy atom. The number of aryl methyl sites for hydroxylation is 3. The van der Waals surface area contributed by atoms with Gasteiger partial charge in [-0.1, -0.05) is 46.9 Å². The van der Waals surface area contributed by atoms with E-state index in [0.717, 1.165) is 22.5 Å². The minimum Gasteiger partial charge on any atom is -0.324 e. The summed E-state index contributed by atoms with van der Waals surface area (Å²) in [4.78, 5) is 13.6. The van der Waals surface area contributed by atoms with E-state index in [1.807, 2.05) is 51.1 Å². The topological polar surface area (TPSA) is 68.5 Å². The lowest BCUT2D eigenvalue weighted by molar-refractivity contribution is 0.837. The van der Waals surface area contributed by atoms with Gasteiger partial charge in [0.15, 0.2) is 5.82 Å². The second kappa shape index (κ2) is 8.83. The third-order valence-electron chi connectivity index (χ3n) is 4.69. The third kappa shape index (κ3) is 4.82. The second-order valence-electron chi connectivity index (χ2n) is 7.15. The second-order valence-corrected chi connectivity index (χ2v) is 8.43. The van der Waals surface area contributed by atoms with E-state index < -0.39 is 0 Å². The van der Waals surface area contributed by atoms with Gasteiger partial charge in [-0.05, 0) is 44.5 Å². The predicted molar refractivity (Wildman–Crippen MR) is 125 cm³/mol. The molecule has 0 aliphatic rings. The molecule has 1 aromatic carbocycles. The number of hydrogen-bond acceptors (Lipinski definition) is 5. The quantitative estimate of drug-likeness (QED) is 0.369. The van der Waals surface area contributed by atoms with Crippen molar-refractivity contribution in [2.75, 3.05) is 5.32 Å². The smallest absolute Gasteiger partial charge is 0.174 e. The Hall–Kier alpha value is -2.67. The van der Waals surface area contributed by atoms with Gasteiger partial charge in [0, 0.05) is 35.0 Å². The fourth-order valence-electron chi connectivity index (χ4n) is 3.29. The highest BCUT2D eigenvalue weighted by Crippen LogP contribution is 2.29. The van der Waals surface area contributed by atoms with Crippen molar-refractivity contribution in [2.45, 2.75) is 27.2 Å². The summed E-state index contributed by atoms with van der Waals surface area (Å²) < 4.78 is 1.65. The normalized spacial score (nSPS) is 11.0. The van der Waals surface area contributed by atoms with Crippen molar-refractivity contribution in [3.05, 3.63) is 86.0 Å². The zero-order valence-corrected chi connectivity index (χ0v) is 19.4. The van der Waals surface area contributed by atoms with E-state index in [0.29, 0.717) is 44.8 Å². The fourth-order valence-corrected chi connectivity index (χ4v) is 3.88. The van der Waals surface area contributed by atoms with E-state index in [1.54, 1.807) is 10.7 Å². The number of nitrogens with one attached hydrogen (secondary N) is 1. The molecule has 0 aliphatic heterocycles. The van der Waals surface area contributed by atoms with Gasteiger partial charge in [-0.25, -0.2) is 15.0 Å². The zero-order valence-electron chi connectivity index (χ0n) is 17.1. The molecule has 0 atom stereocenters. The molecule has 4 aromatic rings. The maximum atomic E-state index is 6.38. The van der Waals surface area contributed by atoms with Gasteiger partial charge >= 0.3 is 0 Å². The molecular weight excluding hydrogens is 455 g/mol. The van der Waals surface area contributed by atoms with Crippen LogP contribution in [0, 0.1) is 20.8 Å². The first kappa shape index (κ1) is 21.6. The molecular formula is C22H19Cl3N6. The van der Waals surface area contributed by atoms with Crippen LogP contribution in [0.4, 0.5) is 11.6 Å². The summed E-state index contributed by atoms with van der Waals surface area (Å²) in [6, 6.07) is 11.3. The van der Waals surface area contributed by atoms with E-state index in [1.165, 1.54) is 6.20 Å². The molecule has 0 bridgehead atoms. The van der Waals surface area contributed by atoms with Crippen molar-refractivity contribution in [3.63, 3.8) is 0 Å². The largest absolute Gasteiger partial charge is 0.324 e. The first-order valence-corrected chi connectivity index (χ1v) is 10.7. The Morgan fingerprint density at radius 3 is 2.39 bits per heavy atom. The summed E-state index contributed by atoms with van der Waals surface area (Å²) in [5, 5.41) is 9.50. The average molecular weight is 474 g/mol. The Bertz CT molecular complexity index is 1250. The summed E-state index contributed by atoms with van der Waals surface area (Å²) in [6.45, 7) is 5.74. The maximum Gasteiger partial charge on any atom is 0.174 e. The Kier molecular flexibility index (Phi) is 6.14. The van der Waals surface area contributed by atoms with Crippen LogP contribution < -0.4 is 5.32 Å². The minimum atomic E-state index is 0.398. The average Bonchev–Trinajstić information content (AvgIpc) is 3.06. The summed E-state index contributed by atoms with van der Waals surface area (Å²) in [5.74, 6) is 2.53. The fraction of sp³-hybridized carbons (Fsp3) is 0.182. The highest BCUT2D eigenvalue weighted by Gasteiger charge is 2.17. The van der Waals surface area contributed by atoms with Crippen LogP contribution in [-0.4, -0.2) is 24.7 Å². The van der Waals surface area contributed by atoms with Crippen LogP contribution in [0.25, 0.3) is 5.82 Å². The summed E-state index contributed by atoms with van der Waals surface area (Å²) >= 11 is 18.4. The van der Waals surface area contributed by atoms with E-state index in [2.05, 4.69) is 25.4 Å². The van der Waals surface area contributed by atoms with Crippen LogP contribution in [0.15, 0.2) is 42.6 Å². The molecule has 0 radical (unpaired) electrons. The van der Waals surface area contributed by atoms with Gasteiger partial charge in [0.05, 0.1) is 15.7 Å². The molecule has 0 spiro atoms. The molecule has 0 amide bonds. The molecule has 1 N–H and O–H groups in total. The van der Waals surface area contributed by atoms with Crippen molar-refractivity contribution >= 4 is 46.4 Å². The van der Waals surface area contributed by atoms with Crippen molar-refractivity contribution in [2.24, 2.45) is 0 Å². The monoisotopic (exact) mass is 472 g/mol. The maximum absolute atomic E-state index is 6.38. The molecule has 3 heterocycles. The van der Waals surface area contributed by atoms with Gasteiger partial charge in [-0.15, -0.1) is 0 Å². The highest BCUT2D eigenvalue weighted by molar-refractivity contribution is 6.35. The summed E-state index contributed by atoms with van der Waals surface area (Å²) in [7, 11) is 0. The van der Waals surface area contributed by atoms with Gasteiger partial charge < -0.3 is 5.32 Å². The standard InChI is InChI=1S/C22H19Cl3N6/c1-12-8-20(31(30-12)22-19(25)10-17(24)11-26-22)29-21-18(13(2)27-14(3)28-21)9-15-4-6-16(23)7-5-15/h4-8,10-11H,9H2,1-3H3,(H,27,28,29). The molecule has 0 unspecified atom stereocenters. The number of anilines is 2. The first-order chi connectivity index (χ1) is 14.8. The van der Waals surface area contributed by atoms with Gasteiger partial charge in [0.25, 0.3) is 0 Å². The zero-order chi connectivity index (χ0) is 22.1. The summed E-state index contributed by atoms with van der Waals surface area (Å²) in [5.41, 5.74) is 3.79. The molecule has 0 fully saturated rings. The summed E-state index contributed by atoms with van der Waals surface area (Å²) in [6.07, 6.45) is 2.19. The van der Waals surface area contributed by atoms with Crippen LogP contribution in [0.2, 0.25) is 15.1 Å². The van der Waals surface area contributed by atoms with Crippen molar-refractivity contribution in [1.29, 1.82) is 0 Å². The molecule has 158 valence electrons. The molecule has 0 saturated carbocycles. The molecule has 3 aromatic heterocycles. The van der Waals surface area contributed by atoms with E-state index in [4.69, 9.17) is 34.8 Å². The number of hydrogen-bond donors (Lipinski definition) is 1. The van der Waals surface area contributed by atoms with Crippen LogP contribution in [0.1, 0.15) is 28.3 Å². The molecule has 4 rings (SSSR count). The number of aromatic nitrogens is 5. The number of nitrogens with zero attached hydrogens (tertiary/aromatic N) is 5. The molecule has 0 saturated heterocycles. The molecule has 0 aliphatic carbocycles. The van der Waals surface area contributed by atoms with Crippen molar-refractivity contribution in [3.8, 4) is 5.82 Å². The van der Waals surface area contributed by atoms with E-state index >= 15 is 0 Å². The van der Waals surface area contributed by atoms with Gasteiger partial charge in [0.1, 0.15) is 17.5 Å². The Morgan fingerprint density at radius 1 is 0.935 bits per heavy atom. The Labute approximate surface area is 195 Å². The molecule has 9 heteroatoms.